The number of aromatic nitrogens is 1. The Labute approximate surface area is 101 Å². The third-order valence-electron chi connectivity index (χ3n) is 3.19. The maximum absolute atomic E-state index is 9.52. The number of halogens is 1. The third-order valence-corrected chi connectivity index (χ3v) is 3.41. The number of rotatable bonds is 3. The average Bonchev–Trinajstić information content (AvgIpc) is 2.70. The van der Waals surface area contributed by atoms with E-state index in [9.17, 15) is 5.11 Å². The van der Waals surface area contributed by atoms with Crippen molar-refractivity contribution >= 4 is 11.6 Å². The Bertz CT molecular complexity index is 339. The highest BCUT2D eigenvalue weighted by Crippen LogP contribution is 2.21. The summed E-state index contributed by atoms with van der Waals surface area (Å²) in [4.78, 5) is 6.41. The van der Waals surface area contributed by atoms with Gasteiger partial charge in [-0.15, -0.1) is 0 Å². The Hall–Kier alpha value is -0.640. The lowest BCUT2D eigenvalue weighted by molar-refractivity contribution is 0.127. The fraction of sp³-hybridized carbons (Fsp3) is 0.583. The maximum atomic E-state index is 9.52. The zero-order chi connectivity index (χ0) is 11.5. The normalized spacial score (nSPS) is 23.6. The molecule has 3 nitrogen and oxygen atoms in total. The SMILES string of the molecule is CC(O)C1CCN(Cc2ccc(Cl)nc2)C1. The van der Waals surface area contributed by atoms with E-state index < -0.39 is 0 Å². The summed E-state index contributed by atoms with van der Waals surface area (Å²) in [6, 6.07) is 3.82. The molecular weight excluding hydrogens is 224 g/mol. The predicted octanol–water partition coefficient (Wildman–Crippen LogP) is 1.94. The Balaban J connectivity index is 1.89. The van der Waals surface area contributed by atoms with E-state index in [-0.39, 0.29) is 6.10 Å². The molecule has 16 heavy (non-hydrogen) atoms. The van der Waals surface area contributed by atoms with Crippen LogP contribution >= 0.6 is 11.6 Å². The maximum Gasteiger partial charge on any atom is 0.129 e. The molecule has 1 aliphatic rings. The molecule has 4 heteroatoms. The number of hydrogen-bond donors (Lipinski definition) is 1. The van der Waals surface area contributed by atoms with Gasteiger partial charge in [-0.3, -0.25) is 4.90 Å². The van der Waals surface area contributed by atoms with E-state index in [2.05, 4.69) is 9.88 Å². The van der Waals surface area contributed by atoms with Crippen molar-refractivity contribution < 1.29 is 5.11 Å². The van der Waals surface area contributed by atoms with Crippen LogP contribution in [0.2, 0.25) is 5.15 Å². The minimum absolute atomic E-state index is 0.201. The molecule has 0 aliphatic carbocycles. The summed E-state index contributed by atoms with van der Waals surface area (Å²) < 4.78 is 0. The van der Waals surface area contributed by atoms with Gasteiger partial charge in [0, 0.05) is 19.3 Å². The van der Waals surface area contributed by atoms with Crippen LogP contribution in [0.1, 0.15) is 18.9 Å². The van der Waals surface area contributed by atoms with Gasteiger partial charge in [-0.1, -0.05) is 17.7 Å². The molecule has 2 unspecified atom stereocenters. The molecule has 0 bridgehead atoms. The average molecular weight is 241 g/mol. The Morgan fingerprint density at radius 2 is 2.44 bits per heavy atom. The first kappa shape index (κ1) is 11.8. The van der Waals surface area contributed by atoms with Crippen LogP contribution in [0.4, 0.5) is 0 Å². The highest BCUT2D eigenvalue weighted by Gasteiger charge is 2.25. The van der Waals surface area contributed by atoms with Gasteiger partial charge >= 0.3 is 0 Å². The molecule has 2 heterocycles. The molecule has 1 aromatic heterocycles. The molecule has 1 saturated heterocycles. The zero-order valence-electron chi connectivity index (χ0n) is 9.43. The van der Waals surface area contributed by atoms with Crippen LogP contribution in [0, 0.1) is 5.92 Å². The highest BCUT2D eigenvalue weighted by molar-refractivity contribution is 6.29. The first-order valence-electron chi connectivity index (χ1n) is 5.66. The smallest absolute Gasteiger partial charge is 0.129 e. The quantitative estimate of drug-likeness (QED) is 0.821. The molecule has 0 saturated carbocycles. The van der Waals surface area contributed by atoms with Crippen LogP contribution in [0.25, 0.3) is 0 Å². The summed E-state index contributed by atoms with van der Waals surface area (Å²) in [5, 5.41) is 10.1. The van der Waals surface area contributed by atoms with Gasteiger partial charge in [-0.25, -0.2) is 4.98 Å². The van der Waals surface area contributed by atoms with Crippen molar-refractivity contribution in [2.45, 2.75) is 26.0 Å². The van der Waals surface area contributed by atoms with Crippen molar-refractivity contribution in [2.75, 3.05) is 13.1 Å². The minimum Gasteiger partial charge on any atom is -0.393 e. The van der Waals surface area contributed by atoms with E-state index in [0.29, 0.717) is 11.1 Å². The third kappa shape index (κ3) is 2.94. The lowest BCUT2D eigenvalue weighted by atomic mass is 10.0. The van der Waals surface area contributed by atoms with Crippen LogP contribution < -0.4 is 0 Å². The van der Waals surface area contributed by atoms with Gasteiger partial charge in [0.1, 0.15) is 5.15 Å². The summed E-state index contributed by atoms with van der Waals surface area (Å²) in [6.45, 7) is 4.80. The first-order chi connectivity index (χ1) is 7.65. The van der Waals surface area contributed by atoms with Crippen molar-refractivity contribution in [3.63, 3.8) is 0 Å². The number of likely N-dealkylation sites (tertiary alicyclic amines) is 1. The Morgan fingerprint density at radius 3 is 3.00 bits per heavy atom. The van der Waals surface area contributed by atoms with Gasteiger partial charge < -0.3 is 5.11 Å². The van der Waals surface area contributed by atoms with Gasteiger partial charge in [0.05, 0.1) is 6.10 Å². The minimum atomic E-state index is -0.201. The molecule has 1 N–H and O–H groups in total. The summed E-state index contributed by atoms with van der Waals surface area (Å²) >= 11 is 5.74. The molecule has 1 aliphatic heterocycles. The second-order valence-corrected chi connectivity index (χ2v) is 4.90. The van der Waals surface area contributed by atoms with E-state index in [4.69, 9.17) is 11.6 Å². The van der Waals surface area contributed by atoms with Crippen molar-refractivity contribution in [3.8, 4) is 0 Å². The number of hydrogen-bond acceptors (Lipinski definition) is 3. The molecule has 1 fully saturated rings. The second-order valence-electron chi connectivity index (χ2n) is 4.51. The van der Waals surface area contributed by atoms with Gasteiger partial charge in [-0.05, 0) is 37.4 Å². The van der Waals surface area contributed by atoms with Gasteiger partial charge in [0.15, 0.2) is 0 Å². The lowest BCUT2D eigenvalue weighted by Gasteiger charge is -2.17. The Kier molecular flexibility index (Phi) is 3.79. The van der Waals surface area contributed by atoms with E-state index in [1.165, 1.54) is 5.56 Å². The molecule has 2 atom stereocenters. The first-order valence-corrected chi connectivity index (χ1v) is 6.04. The van der Waals surface area contributed by atoms with E-state index >= 15 is 0 Å². The second kappa shape index (κ2) is 5.13. The zero-order valence-corrected chi connectivity index (χ0v) is 10.2. The van der Waals surface area contributed by atoms with Crippen molar-refractivity contribution in [3.05, 3.63) is 29.0 Å². The fourth-order valence-electron chi connectivity index (χ4n) is 2.16. The van der Waals surface area contributed by atoms with Gasteiger partial charge in [0.25, 0.3) is 0 Å². The Morgan fingerprint density at radius 1 is 1.62 bits per heavy atom. The summed E-state index contributed by atoms with van der Waals surface area (Å²) in [7, 11) is 0. The van der Waals surface area contributed by atoms with Crippen LogP contribution in [-0.2, 0) is 6.54 Å². The summed E-state index contributed by atoms with van der Waals surface area (Å²) in [5.41, 5.74) is 1.18. The molecule has 0 aromatic carbocycles. The largest absolute Gasteiger partial charge is 0.393 e. The molecule has 0 radical (unpaired) electrons. The van der Waals surface area contributed by atoms with E-state index in [1.54, 1.807) is 0 Å². The number of aliphatic hydroxyl groups is 1. The molecule has 0 spiro atoms. The summed E-state index contributed by atoms with van der Waals surface area (Å²) in [6.07, 6.45) is 2.70. The van der Waals surface area contributed by atoms with Crippen LogP contribution in [-0.4, -0.2) is 34.2 Å². The summed E-state index contributed by atoms with van der Waals surface area (Å²) in [5.74, 6) is 0.417. The van der Waals surface area contributed by atoms with Crippen molar-refractivity contribution in [1.82, 2.24) is 9.88 Å². The lowest BCUT2D eigenvalue weighted by Crippen LogP contribution is -2.23. The molecular formula is C12H17ClN2O. The predicted molar refractivity (Wildman–Crippen MR) is 64.3 cm³/mol. The van der Waals surface area contributed by atoms with Crippen LogP contribution in [0.3, 0.4) is 0 Å². The van der Waals surface area contributed by atoms with Crippen LogP contribution in [0.15, 0.2) is 18.3 Å². The van der Waals surface area contributed by atoms with E-state index in [1.807, 2.05) is 25.3 Å². The van der Waals surface area contributed by atoms with Gasteiger partial charge in [-0.2, -0.15) is 0 Å². The topological polar surface area (TPSA) is 36.4 Å². The monoisotopic (exact) mass is 240 g/mol. The number of pyridine rings is 1. The number of nitrogens with zero attached hydrogens (tertiary/aromatic N) is 2. The molecule has 88 valence electrons. The van der Waals surface area contributed by atoms with Crippen molar-refractivity contribution in [1.29, 1.82) is 0 Å². The number of aliphatic hydroxyl groups excluding tert-OH is 1. The molecule has 2 rings (SSSR count). The van der Waals surface area contributed by atoms with Crippen molar-refractivity contribution in [2.24, 2.45) is 5.92 Å². The molecule has 1 aromatic rings. The highest BCUT2D eigenvalue weighted by atomic mass is 35.5. The fourth-order valence-corrected chi connectivity index (χ4v) is 2.27. The standard InChI is InChI=1S/C12H17ClN2O/c1-9(16)11-4-5-15(8-11)7-10-2-3-12(13)14-6-10/h2-3,6,9,11,16H,4-5,7-8H2,1H3. The van der Waals surface area contributed by atoms with Gasteiger partial charge in [0.2, 0.25) is 0 Å². The van der Waals surface area contributed by atoms with E-state index in [0.717, 1.165) is 26.1 Å². The molecule has 0 amide bonds. The van der Waals surface area contributed by atoms with Crippen LogP contribution in [0.5, 0.6) is 0 Å².